The van der Waals surface area contributed by atoms with Crippen molar-refractivity contribution in [1.82, 2.24) is 5.32 Å². The van der Waals surface area contributed by atoms with Crippen molar-refractivity contribution < 1.29 is 9.53 Å². The van der Waals surface area contributed by atoms with Crippen LogP contribution < -0.4 is 10.1 Å². The van der Waals surface area contributed by atoms with E-state index < -0.39 is 0 Å². The molecule has 0 saturated heterocycles. The zero-order valence-corrected chi connectivity index (χ0v) is 20.9. The van der Waals surface area contributed by atoms with E-state index in [2.05, 4.69) is 59.9 Å². The first-order valence-corrected chi connectivity index (χ1v) is 12.5. The molecule has 6 aromatic rings. The van der Waals surface area contributed by atoms with E-state index in [1.165, 1.54) is 0 Å². The Morgan fingerprint density at radius 3 is 1.84 bits per heavy atom. The second-order valence-corrected chi connectivity index (χ2v) is 9.34. The van der Waals surface area contributed by atoms with Gasteiger partial charge in [0.25, 0.3) is 5.91 Å². The lowest BCUT2D eigenvalue weighted by atomic mass is 9.89. The van der Waals surface area contributed by atoms with Crippen LogP contribution >= 0.6 is 0 Å². The van der Waals surface area contributed by atoms with Gasteiger partial charge in [0.15, 0.2) is 0 Å². The van der Waals surface area contributed by atoms with Crippen LogP contribution in [0.15, 0.2) is 115 Å². The molecule has 0 aliphatic heterocycles. The highest BCUT2D eigenvalue weighted by Gasteiger charge is 2.22. The van der Waals surface area contributed by atoms with Gasteiger partial charge in [-0.2, -0.15) is 0 Å². The average Bonchev–Trinajstić information content (AvgIpc) is 2.95. The molecule has 6 rings (SSSR count). The summed E-state index contributed by atoms with van der Waals surface area (Å²) >= 11 is 0. The molecule has 1 N–H and O–H groups in total. The van der Waals surface area contributed by atoms with Crippen LogP contribution in [0.2, 0.25) is 0 Å². The molecule has 0 saturated carbocycles. The van der Waals surface area contributed by atoms with Gasteiger partial charge in [-0.15, -0.1) is 0 Å². The molecule has 180 valence electrons. The molecular weight excluding hydrogens is 454 g/mol. The summed E-state index contributed by atoms with van der Waals surface area (Å²) in [5, 5.41) is 9.83. The summed E-state index contributed by atoms with van der Waals surface area (Å²) in [6.45, 7) is 2.04. The third-order valence-electron chi connectivity index (χ3n) is 7.17. The molecule has 3 heteroatoms. The summed E-state index contributed by atoms with van der Waals surface area (Å²) in [6, 6.07) is 38.8. The molecule has 0 aliphatic carbocycles. The second kappa shape index (κ2) is 9.44. The van der Waals surface area contributed by atoms with E-state index in [4.69, 9.17) is 4.74 Å². The first-order chi connectivity index (χ1) is 18.2. The smallest absolute Gasteiger partial charge is 0.252 e. The van der Waals surface area contributed by atoms with Gasteiger partial charge in [0.2, 0.25) is 0 Å². The number of fused-ring (bicyclic) bond motifs is 3. The highest BCUT2D eigenvalue weighted by Crippen LogP contribution is 2.42. The van der Waals surface area contributed by atoms with Crippen LogP contribution in [0.1, 0.15) is 28.9 Å². The highest BCUT2D eigenvalue weighted by atomic mass is 16.5. The standard InChI is InChI=1S/C34H27NO2/c1-22(26-17-9-13-23-10-3-6-14-27(23)26)35-34(36)30-20-18-24-11-4-7-15-28(24)32(30)33-29-16-8-5-12-25(29)19-21-31(33)37-2/h3-22H,1-2H3,(H,35,36)/t22-/m0/s1. The van der Waals surface area contributed by atoms with Gasteiger partial charge >= 0.3 is 0 Å². The number of benzene rings is 6. The van der Waals surface area contributed by atoms with Crippen molar-refractivity contribution in [1.29, 1.82) is 0 Å². The third kappa shape index (κ3) is 3.99. The summed E-state index contributed by atoms with van der Waals surface area (Å²) in [5.41, 5.74) is 3.53. The van der Waals surface area contributed by atoms with E-state index in [9.17, 15) is 4.79 Å². The van der Waals surface area contributed by atoms with Crippen LogP contribution in [-0.2, 0) is 0 Å². The summed E-state index contributed by atoms with van der Waals surface area (Å²) < 4.78 is 5.86. The maximum atomic E-state index is 14.0. The minimum atomic E-state index is -0.174. The van der Waals surface area contributed by atoms with E-state index >= 15 is 0 Å². The molecule has 0 unspecified atom stereocenters. The van der Waals surface area contributed by atoms with Crippen LogP contribution in [0.25, 0.3) is 43.4 Å². The number of ether oxygens (including phenoxy) is 1. The molecule has 37 heavy (non-hydrogen) atoms. The molecule has 3 nitrogen and oxygen atoms in total. The summed E-state index contributed by atoms with van der Waals surface area (Å²) in [7, 11) is 1.68. The minimum Gasteiger partial charge on any atom is -0.496 e. The Morgan fingerprint density at radius 1 is 0.622 bits per heavy atom. The lowest BCUT2D eigenvalue weighted by Gasteiger charge is -2.21. The topological polar surface area (TPSA) is 38.3 Å². The Kier molecular flexibility index (Phi) is 5.82. The first kappa shape index (κ1) is 22.8. The van der Waals surface area contributed by atoms with E-state index in [1.807, 2.05) is 67.6 Å². The summed E-state index contributed by atoms with van der Waals surface area (Å²) in [5.74, 6) is 0.627. The van der Waals surface area contributed by atoms with Gasteiger partial charge in [-0.1, -0.05) is 103 Å². The largest absolute Gasteiger partial charge is 0.496 e. The second-order valence-electron chi connectivity index (χ2n) is 9.34. The van der Waals surface area contributed by atoms with Crippen molar-refractivity contribution in [3.63, 3.8) is 0 Å². The number of carbonyl (C=O) groups is 1. The minimum absolute atomic E-state index is 0.115. The van der Waals surface area contributed by atoms with E-state index in [0.717, 1.165) is 54.8 Å². The Labute approximate surface area is 216 Å². The van der Waals surface area contributed by atoms with Crippen molar-refractivity contribution in [2.45, 2.75) is 13.0 Å². The van der Waals surface area contributed by atoms with Crippen LogP contribution in [0.5, 0.6) is 5.75 Å². The molecule has 0 fully saturated rings. The maximum Gasteiger partial charge on any atom is 0.252 e. The fourth-order valence-electron chi connectivity index (χ4n) is 5.39. The Hall–Kier alpha value is -4.63. The number of amides is 1. The maximum absolute atomic E-state index is 14.0. The van der Waals surface area contributed by atoms with Crippen molar-refractivity contribution in [3.05, 3.63) is 126 Å². The fourth-order valence-corrected chi connectivity index (χ4v) is 5.39. The van der Waals surface area contributed by atoms with Crippen molar-refractivity contribution in [2.24, 2.45) is 0 Å². The Balaban J connectivity index is 1.53. The van der Waals surface area contributed by atoms with Crippen LogP contribution in [-0.4, -0.2) is 13.0 Å². The van der Waals surface area contributed by atoms with Gasteiger partial charge < -0.3 is 10.1 Å². The quantitative estimate of drug-likeness (QED) is 0.269. The van der Waals surface area contributed by atoms with Crippen LogP contribution in [0.3, 0.4) is 0 Å². The van der Waals surface area contributed by atoms with Crippen molar-refractivity contribution in [2.75, 3.05) is 7.11 Å². The lowest BCUT2D eigenvalue weighted by Crippen LogP contribution is -2.27. The van der Waals surface area contributed by atoms with E-state index in [0.29, 0.717) is 5.56 Å². The fraction of sp³-hybridized carbons (Fsp3) is 0.0882. The molecule has 0 spiro atoms. The molecule has 0 aliphatic rings. The predicted molar refractivity (Wildman–Crippen MR) is 153 cm³/mol. The number of carbonyl (C=O) groups excluding carboxylic acids is 1. The van der Waals surface area contributed by atoms with Gasteiger partial charge in [0.05, 0.1) is 13.2 Å². The lowest BCUT2D eigenvalue weighted by molar-refractivity contribution is 0.0941. The predicted octanol–water partition coefficient (Wildman–Crippen LogP) is 8.31. The average molecular weight is 482 g/mol. The molecule has 1 atom stereocenters. The number of rotatable bonds is 5. The van der Waals surface area contributed by atoms with Crippen molar-refractivity contribution in [3.8, 4) is 16.9 Å². The van der Waals surface area contributed by atoms with E-state index in [-0.39, 0.29) is 11.9 Å². The molecule has 0 bridgehead atoms. The Bertz CT molecular complexity index is 1780. The van der Waals surface area contributed by atoms with Crippen molar-refractivity contribution >= 4 is 38.2 Å². The van der Waals surface area contributed by atoms with E-state index in [1.54, 1.807) is 7.11 Å². The molecule has 0 heterocycles. The molecule has 1 amide bonds. The number of hydrogen-bond acceptors (Lipinski definition) is 2. The van der Waals surface area contributed by atoms with Gasteiger partial charge in [-0.05, 0) is 56.9 Å². The molecule has 0 aromatic heterocycles. The molecule has 0 radical (unpaired) electrons. The zero-order chi connectivity index (χ0) is 25.4. The molecular formula is C34H27NO2. The number of hydrogen-bond donors (Lipinski definition) is 1. The summed E-state index contributed by atoms with van der Waals surface area (Å²) in [6.07, 6.45) is 0. The van der Waals surface area contributed by atoms with Gasteiger partial charge in [0, 0.05) is 16.7 Å². The van der Waals surface area contributed by atoms with Gasteiger partial charge in [0.1, 0.15) is 5.75 Å². The third-order valence-corrected chi connectivity index (χ3v) is 7.17. The monoisotopic (exact) mass is 481 g/mol. The number of nitrogens with one attached hydrogen (secondary N) is 1. The summed E-state index contributed by atoms with van der Waals surface area (Å²) in [4.78, 5) is 14.0. The van der Waals surface area contributed by atoms with Gasteiger partial charge in [-0.25, -0.2) is 0 Å². The number of methoxy groups -OCH3 is 1. The van der Waals surface area contributed by atoms with Crippen LogP contribution in [0, 0.1) is 0 Å². The molecule has 6 aromatic carbocycles. The zero-order valence-electron chi connectivity index (χ0n) is 20.9. The normalized spacial score (nSPS) is 12.1. The highest BCUT2D eigenvalue weighted by molar-refractivity contribution is 6.15. The van der Waals surface area contributed by atoms with Gasteiger partial charge in [-0.3, -0.25) is 4.79 Å². The SMILES string of the molecule is COc1ccc2ccccc2c1-c1c(C(=O)N[C@@H](C)c2cccc3ccccc23)ccc2ccccc12. The Morgan fingerprint density at radius 2 is 1.16 bits per heavy atom. The van der Waals surface area contributed by atoms with Crippen LogP contribution in [0.4, 0.5) is 0 Å². The first-order valence-electron chi connectivity index (χ1n) is 12.5.